The van der Waals surface area contributed by atoms with Crippen molar-refractivity contribution in [3.8, 4) is 0 Å². The number of halogens is 2. The first kappa shape index (κ1) is 15.4. The van der Waals surface area contributed by atoms with Crippen LogP contribution in [0.25, 0.3) is 0 Å². The lowest BCUT2D eigenvalue weighted by atomic mass is 10.3. The summed E-state index contributed by atoms with van der Waals surface area (Å²) in [5.74, 6) is -2.02. The predicted octanol–water partition coefficient (Wildman–Crippen LogP) is 2.12. The number of aromatic nitrogens is 2. The Kier molecular flexibility index (Phi) is 4.01. The lowest BCUT2D eigenvalue weighted by Gasteiger charge is -2.09. The van der Waals surface area contributed by atoms with E-state index in [1.54, 1.807) is 0 Å². The van der Waals surface area contributed by atoms with Gasteiger partial charge in [0.15, 0.2) is 5.69 Å². The Bertz CT molecular complexity index is 819. The fourth-order valence-electron chi connectivity index (χ4n) is 1.66. The summed E-state index contributed by atoms with van der Waals surface area (Å²) in [5, 5.41) is 14.7. The van der Waals surface area contributed by atoms with Crippen LogP contribution in [-0.2, 0) is 10.0 Å². The van der Waals surface area contributed by atoms with Crippen LogP contribution in [0.4, 0.5) is 10.1 Å². The SMILES string of the molecule is Cc1[nH]nc(C(=O)O)c1S(=O)(=O)Nc1ccc(F)cc1Br. The van der Waals surface area contributed by atoms with Crippen LogP contribution in [0.3, 0.4) is 0 Å². The Morgan fingerprint density at radius 3 is 2.71 bits per heavy atom. The number of H-pyrrole nitrogens is 1. The number of benzene rings is 1. The number of aryl methyl sites for hydroxylation is 1. The predicted molar refractivity (Wildman–Crippen MR) is 75.2 cm³/mol. The Morgan fingerprint density at radius 1 is 1.48 bits per heavy atom. The highest BCUT2D eigenvalue weighted by Gasteiger charge is 2.28. The van der Waals surface area contributed by atoms with E-state index in [2.05, 4.69) is 30.8 Å². The molecule has 1 heterocycles. The lowest BCUT2D eigenvalue weighted by molar-refractivity contribution is 0.0686. The highest BCUT2D eigenvalue weighted by Crippen LogP contribution is 2.27. The van der Waals surface area contributed by atoms with Crippen molar-refractivity contribution in [3.63, 3.8) is 0 Å². The second kappa shape index (κ2) is 5.45. The monoisotopic (exact) mass is 377 g/mol. The van der Waals surface area contributed by atoms with Crippen molar-refractivity contribution in [1.29, 1.82) is 0 Å². The topological polar surface area (TPSA) is 112 Å². The molecule has 2 rings (SSSR count). The maximum absolute atomic E-state index is 13.0. The highest BCUT2D eigenvalue weighted by atomic mass is 79.9. The van der Waals surface area contributed by atoms with E-state index in [-0.39, 0.29) is 15.9 Å². The molecule has 0 aliphatic rings. The second-order valence-corrected chi connectivity index (χ2v) is 6.53. The highest BCUT2D eigenvalue weighted by molar-refractivity contribution is 9.10. The van der Waals surface area contributed by atoms with Gasteiger partial charge in [0, 0.05) is 4.47 Å². The molecule has 0 aliphatic heterocycles. The molecule has 112 valence electrons. The van der Waals surface area contributed by atoms with Crippen LogP contribution < -0.4 is 4.72 Å². The fraction of sp³-hybridized carbons (Fsp3) is 0.0909. The lowest BCUT2D eigenvalue weighted by Crippen LogP contribution is -2.17. The van der Waals surface area contributed by atoms with Crippen LogP contribution in [0.5, 0.6) is 0 Å². The van der Waals surface area contributed by atoms with Crippen molar-refractivity contribution in [1.82, 2.24) is 10.2 Å². The molecule has 0 unspecified atom stereocenters. The quantitative estimate of drug-likeness (QED) is 0.755. The third kappa shape index (κ3) is 3.05. The van der Waals surface area contributed by atoms with Gasteiger partial charge in [-0.2, -0.15) is 5.10 Å². The van der Waals surface area contributed by atoms with Gasteiger partial charge in [-0.3, -0.25) is 9.82 Å². The Labute approximate surface area is 127 Å². The average Bonchev–Trinajstić information content (AvgIpc) is 2.76. The van der Waals surface area contributed by atoms with Gasteiger partial charge < -0.3 is 5.11 Å². The molecule has 10 heteroatoms. The summed E-state index contributed by atoms with van der Waals surface area (Å²) in [6, 6.07) is 3.37. The molecule has 0 amide bonds. The minimum atomic E-state index is -4.19. The molecule has 0 aliphatic carbocycles. The van der Waals surface area contributed by atoms with Gasteiger partial charge in [-0.25, -0.2) is 17.6 Å². The molecule has 0 saturated carbocycles. The Balaban J connectivity index is 2.48. The number of aromatic carboxylic acids is 1. The van der Waals surface area contributed by atoms with Crippen molar-refractivity contribution < 1.29 is 22.7 Å². The van der Waals surface area contributed by atoms with E-state index >= 15 is 0 Å². The van der Waals surface area contributed by atoms with Gasteiger partial charge in [0.1, 0.15) is 10.7 Å². The molecule has 0 fully saturated rings. The van der Waals surface area contributed by atoms with Crippen LogP contribution >= 0.6 is 15.9 Å². The zero-order chi connectivity index (χ0) is 15.8. The first-order valence-corrected chi connectivity index (χ1v) is 7.76. The molecular formula is C11H9BrFN3O4S. The maximum Gasteiger partial charge on any atom is 0.357 e. The largest absolute Gasteiger partial charge is 0.476 e. The minimum Gasteiger partial charge on any atom is -0.476 e. The summed E-state index contributed by atoms with van der Waals surface area (Å²) in [5.41, 5.74) is -0.454. The first-order chi connectivity index (χ1) is 9.72. The van der Waals surface area contributed by atoms with E-state index in [0.717, 1.165) is 12.1 Å². The molecule has 1 aromatic carbocycles. The second-order valence-electron chi connectivity index (χ2n) is 4.06. The van der Waals surface area contributed by atoms with Gasteiger partial charge in [-0.1, -0.05) is 0 Å². The van der Waals surface area contributed by atoms with Gasteiger partial charge in [-0.15, -0.1) is 0 Å². The number of aromatic amines is 1. The summed E-state index contributed by atoms with van der Waals surface area (Å²) < 4.78 is 40.0. The summed E-state index contributed by atoms with van der Waals surface area (Å²) in [6.45, 7) is 1.38. The number of nitrogens with zero attached hydrogens (tertiary/aromatic N) is 1. The van der Waals surface area contributed by atoms with Gasteiger partial charge in [0.2, 0.25) is 0 Å². The number of anilines is 1. The van der Waals surface area contributed by atoms with E-state index in [4.69, 9.17) is 5.11 Å². The van der Waals surface area contributed by atoms with Crippen molar-refractivity contribution >= 4 is 37.6 Å². The molecular weight excluding hydrogens is 369 g/mol. The van der Waals surface area contributed by atoms with E-state index in [0.29, 0.717) is 0 Å². The molecule has 2 aromatic rings. The molecule has 21 heavy (non-hydrogen) atoms. The molecule has 0 saturated heterocycles. The number of carboxylic acids is 1. The van der Waals surface area contributed by atoms with Crippen LogP contribution in [0, 0.1) is 12.7 Å². The number of hydrogen-bond acceptors (Lipinski definition) is 4. The smallest absolute Gasteiger partial charge is 0.357 e. The average molecular weight is 378 g/mol. The van der Waals surface area contributed by atoms with E-state index in [9.17, 15) is 17.6 Å². The van der Waals surface area contributed by atoms with E-state index < -0.39 is 32.4 Å². The molecule has 0 atom stereocenters. The molecule has 0 radical (unpaired) electrons. The van der Waals surface area contributed by atoms with Crippen LogP contribution in [0.2, 0.25) is 0 Å². The molecule has 0 bridgehead atoms. The number of nitrogens with one attached hydrogen (secondary N) is 2. The van der Waals surface area contributed by atoms with Crippen molar-refractivity contribution in [2.24, 2.45) is 0 Å². The number of carboxylic acid groups (broad SMARTS) is 1. The van der Waals surface area contributed by atoms with Crippen LogP contribution in [-0.4, -0.2) is 29.7 Å². The maximum atomic E-state index is 13.0. The van der Waals surface area contributed by atoms with Crippen LogP contribution in [0.15, 0.2) is 27.6 Å². The summed E-state index contributed by atoms with van der Waals surface area (Å²) in [4.78, 5) is 10.5. The number of hydrogen-bond donors (Lipinski definition) is 3. The third-order valence-corrected chi connectivity index (χ3v) is 4.72. The van der Waals surface area contributed by atoms with Crippen molar-refractivity contribution in [2.45, 2.75) is 11.8 Å². The first-order valence-electron chi connectivity index (χ1n) is 5.48. The fourth-order valence-corrected chi connectivity index (χ4v) is 3.65. The molecule has 3 N–H and O–H groups in total. The van der Waals surface area contributed by atoms with Crippen LogP contribution in [0.1, 0.15) is 16.2 Å². The summed E-state index contributed by atoms with van der Waals surface area (Å²) >= 11 is 3.02. The normalized spacial score (nSPS) is 11.4. The Morgan fingerprint density at radius 2 is 2.14 bits per heavy atom. The zero-order valence-corrected chi connectivity index (χ0v) is 12.9. The van der Waals surface area contributed by atoms with Gasteiger partial charge in [0.05, 0.1) is 11.4 Å². The molecule has 7 nitrogen and oxygen atoms in total. The standard InChI is InChI=1S/C11H9BrFN3O4S/c1-5-10(9(11(17)18)15-14-5)21(19,20)16-8-3-2-6(13)4-7(8)12/h2-4,16H,1H3,(H,14,15)(H,17,18). The number of rotatable bonds is 4. The molecule has 1 aromatic heterocycles. The van der Waals surface area contributed by atoms with Crippen molar-refractivity contribution in [3.05, 3.63) is 39.9 Å². The van der Waals surface area contributed by atoms with E-state index in [1.807, 2.05) is 0 Å². The summed E-state index contributed by atoms with van der Waals surface area (Å²) in [6.07, 6.45) is 0. The van der Waals surface area contributed by atoms with Gasteiger partial charge in [0.25, 0.3) is 10.0 Å². The van der Waals surface area contributed by atoms with E-state index in [1.165, 1.54) is 13.0 Å². The zero-order valence-electron chi connectivity index (χ0n) is 10.5. The summed E-state index contributed by atoms with van der Waals surface area (Å²) in [7, 11) is -4.19. The van der Waals surface area contributed by atoms with Gasteiger partial charge >= 0.3 is 5.97 Å². The minimum absolute atomic E-state index is 0.0772. The third-order valence-electron chi connectivity index (χ3n) is 2.54. The Hall–Kier alpha value is -1.94. The van der Waals surface area contributed by atoms with Gasteiger partial charge in [-0.05, 0) is 41.1 Å². The van der Waals surface area contributed by atoms with Crippen molar-refractivity contribution in [2.75, 3.05) is 4.72 Å². The number of carbonyl (C=O) groups is 1. The molecule has 0 spiro atoms. The number of sulfonamides is 1.